The summed E-state index contributed by atoms with van der Waals surface area (Å²) in [5.74, 6) is -14.7. The highest BCUT2D eigenvalue weighted by molar-refractivity contribution is 6.12. The van der Waals surface area contributed by atoms with Crippen molar-refractivity contribution in [1.82, 2.24) is 19.8 Å². The summed E-state index contributed by atoms with van der Waals surface area (Å²) < 4.78 is 1.09. The van der Waals surface area contributed by atoms with E-state index in [1.165, 1.54) is 13.8 Å². The molecule has 0 bridgehead atoms. The Labute approximate surface area is 399 Å². The molecule has 0 atom stereocenters. The van der Waals surface area contributed by atoms with Gasteiger partial charge in [-0.15, -0.1) is 20.5 Å². The van der Waals surface area contributed by atoms with Crippen LogP contribution >= 0.6 is 0 Å². The van der Waals surface area contributed by atoms with Gasteiger partial charge in [0.25, 0.3) is 22.9 Å². The summed E-state index contributed by atoms with van der Waals surface area (Å²) in [6.45, 7) is 7.29. The Morgan fingerprint density at radius 2 is 0.972 bits per heavy atom. The van der Waals surface area contributed by atoms with Gasteiger partial charge in [0, 0.05) is 31.7 Å². The predicted octanol–water partition coefficient (Wildman–Crippen LogP) is 4.34. The lowest BCUT2D eigenvalue weighted by Gasteiger charge is -2.16. The predicted molar refractivity (Wildman–Crippen MR) is 239 cm³/mol. The molecule has 28 heteroatoms. The van der Waals surface area contributed by atoms with Crippen molar-refractivity contribution in [2.24, 2.45) is 20.5 Å². The maximum absolute atomic E-state index is 13.5. The fraction of sp³-hybridized carbons (Fsp3) is 0.136. The lowest BCUT2D eigenvalue weighted by molar-refractivity contribution is 0.0652. The molecule has 5 aromatic rings. The summed E-state index contributed by atoms with van der Waals surface area (Å²) in [6, 6.07) is 9.17. The molecular weight excluding hydrogens is 957 g/mol. The summed E-state index contributed by atoms with van der Waals surface area (Å²) in [4.78, 5) is 129. The Morgan fingerprint density at radius 3 is 1.33 bits per heavy atom. The van der Waals surface area contributed by atoms with Gasteiger partial charge in [0.15, 0.2) is 11.6 Å². The van der Waals surface area contributed by atoms with Crippen LogP contribution in [0.5, 0.6) is 11.8 Å². The van der Waals surface area contributed by atoms with Gasteiger partial charge in [-0.25, -0.2) is 33.6 Å². The summed E-state index contributed by atoms with van der Waals surface area (Å²) >= 11 is 0. The van der Waals surface area contributed by atoms with E-state index in [2.05, 4.69) is 35.9 Å². The van der Waals surface area contributed by atoms with Crippen LogP contribution in [0.4, 0.5) is 28.4 Å². The molecular formula is C44H32N10O18. The van der Waals surface area contributed by atoms with E-state index in [0.29, 0.717) is 21.3 Å². The number of nitrogens with one attached hydrogen (secondary N) is 2. The standard InChI is InChI=1S/C44H32N10O18/c1-17-25(16-45)35(57)53(37(59)31(17)51-49-26-8-4-6-19(39(61)62)28(26)43(69)70)12-10-47-33(55)21-14-24(42(67)68)22(15-23(21)41(65)66)34(56)48-11-13-54-36(58)30(46-3)18(2)32(38(54)60)52-50-27-9-5-7-20(40(63)64)29(27)44(71)72/h4-9,14-15,57-58H,10-13H2,1-2H3,(H,47,55)(H,48,56)(H,61,62)(H,63,64)(H,65,66)(H,67,68)(H,69,70)(H,71,72). The minimum absolute atomic E-state index is 0.232. The Bertz CT molecular complexity index is 3280. The van der Waals surface area contributed by atoms with Gasteiger partial charge in [0.05, 0.1) is 40.0 Å². The van der Waals surface area contributed by atoms with Gasteiger partial charge in [0.2, 0.25) is 11.6 Å². The molecule has 0 aliphatic rings. The topological polar surface area (TPSA) is 444 Å². The molecule has 366 valence electrons. The average Bonchev–Trinajstić information content (AvgIpc) is 3.32. The lowest BCUT2D eigenvalue weighted by Crippen LogP contribution is -2.34. The summed E-state index contributed by atoms with van der Waals surface area (Å²) in [7, 11) is 0. The quantitative estimate of drug-likeness (QED) is 0.0431. The average molecular weight is 989 g/mol. The highest BCUT2D eigenvalue weighted by atomic mass is 16.4. The van der Waals surface area contributed by atoms with Crippen LogP contribution in [0.25, 0.3) is 4.85 Å². The van der Waals surface area contributed by atoms with Crippen LogP contribution in [0.1, 0.15) is 99.6 Å². The Kier molecular flexibility index (Phi) is 15.5. The Balaban J connectivity index is 1.40. The maximum atomic E-state index is 13.5. The number of hydrogen-bond donors (Lipinski definition) is 10. The van der Waals surface area contributed by atoms with E-state index in [-0.39, 0.29) is 11.1 Å². The molecule has 0 unspecified atom stereocenters. The summed E-state index contributed by atoms with van der Waals surface area (Å²) in [6.07, 6.45) is 0. The van der Waals surface area contributed by atoms with Crippen LogP contribution in [0.2, 0.25) is 0 Å². The number of nitrogens with zero attached hydrogens (tertiary/aromatic N) is 8. The number of nitriles is 1. The first-order valence-electron chi connectivity index (χ1n) is 19.9. The van der Waals surface area contributed by atoms with Crippen molar-refractivity contribution in [3.63, 3.8) is 0 Å². The zero-order valence-electron chi connectivity index (χ0n) is 36.7. The van der Waals surface area contributed by atoms with Crippen molar-refractivity contribution < 1.29 is 79.2 Å². The van der Waals surface area contributed by atoms with Gasteiger partial charge in [-0.3, -0.25) is 28.3 Å². The number of carboxylic acid groups (broad SMARTS) is 6. The molecule has 0 aliphatic carbocycles. The number of rotatable bonds is 18. The van der Waals surface area contributed by atoms with Crippen LogP contribution in [-0.2, 0) is 13.1 Å². The molecule has 2 heterocycles. The number of amides is 2. The van der Waals surface area contributed by atoms with Gasteiger partial charge in [-0.2, -0.15) is 5.26 Å². The molecule has 72 heavy (non-hydrogen) atoms. The van der Waals surface area contributed by atoms with Gasteiger partial charge in [0.1, 0.15) is 39.8 Å². The normalized spacial score (nSPS) is 10.9. The molecule has 2 amide bonds. The second-order valence-corrected chi connectivity index (χ2v) is 14.5. The fourth-order valence-corrected chi connectivity index (χ4v) is 6.86. The van der Waals surface area contributed by atoms with Crippen LogP contribution < -0.4 is 21.8 Å². The maximum Gasteiger partial charge on any atom is 0.338 e. The van der Waals surface area contributed by atoms with E-state index in [0.717, 1.165) is 36.4 Å². The number of carbonyl (C=O) groups excluding carboxylic acids is 2. The SMILES string of the molecule is [C-]#[N+]c1c(C)c(N=Nc2cccc(C(=O)O)c2C(=O)O)c(=O)n(CCNC(=O)c2cc(C(=O)O)c(C(=O)NCCn3c(O)c(C#N)c(C)c(N=Nc4cccc(C(=O)O)c4C(=O)O)c3=O)cc2C(=O)O)c1O. The third kappa shape index (κ3) is 10.3. The van der Waals surface area contributed by atoms with Crippen molar-refractivity contribution in [3.05, 3.63) is 142 Å². The molecule has 5 rings (SSSR count). The number of benzene rings is 3. The molecule has 10 N–H and O–H groups in total. The van der Waals surface area contributed by atoms with Gasteiger partial charge < -0.3 is 51.5 Å². The van der Waals surface area contributed by atoms with Crippen molar-refractivity contribution in [1.29, 1.82) is 5.26 Å². The first kappa shape index (κ1) is 52.1. The van der Waals surface area contributed by atoms with Gasteiger partial charge in [-0.05, 0) is 55.8 Å². The molecule has 0 fully saturated rings. The molecule has 0 aliphatic heterocycles. The smallest absolute Gasteiger partial charge is 0.338 e. The van der Waals surface area contributed by atoms with Crippen molar-refractivity contribution in [2.45, 2.75) is 26.9 Å². The molecule has 0 saturated carbocycles. The molecule has 0 saturated heterocycles. The monoisotopic (exact) mass is 988 g/mol. The summed E-state index contributed by atoms with van der Waals surface area (Å²) in [5.41, 5.74) is -12.4. The van der Waals surface area contributed by atoms with Crippen LogP contribution in [0.3, 0.4) is 0 Å². The third-order valence-corrected chi connectivity index (χ3v) is 10.3. The van der Waals surface area contributed by atoms with E-state index in [4.69, 9.17) is 6.57 Å². The zero-order chi connectivity index (χ0) is 53.5. The first-order valence-corrected chi connectivity index (χ1v) is 19.9. The molecule has 0 radical (unpaired) electrons. The van der Waals surface area contributed by atoms with Crippen molar-refractivity contribution >= 4 is 76.1 Å². The molecule has 0 spiro atoms. The Morgan fingerprint density at radius 1 is 0.583 bits per heavy atom. The number of aromatic nitrogens is 2. The second kappa shape index (κ2) is 21.4. The highest BCUT2D eigenvalue weighted by Gasteiger charge is 2.28. The van der Waals surface area contributed by atoms with Gasteiger partial charge >= 0.3 is 35.8 Å². The van der Waals surface area contributed by atoms with Crippen molar-refractivity contribution in [3.8, 4) is 17.8 Å². The third-order valence-electron chi connectivity index (χ3n) is 10.3. The number of hydrogen-bond acceptors (Lipinski definition) is 17. The number of aromatic carboxylic acids is 6. The zero-order valence-corrected chi connectivity index (χ0v) is 36.7. The fourth-order valence-electron chi connectivity index (χ4n) is 6.86. The minimum atomic E-state index is -1.85. The minimum Gasteiger partial charge on any atom is -0.503 e. The number of carboxylic acids is 6. The second-order valence-electron chi connectivity index (χ2n) is 14.5. The number of aromatic hydroxyl groups is 2. The molecule has 2 aromatic heterocycles. The molecule has 28 nitrogen and oxygen atoms in total. The number of pyridine rings is 2. The molecule has 3 aromatic carbocycles. The van der Waals surface area contributed by atoms with E-state index in [1.807, 2.05) is 0 Å². The van der Waals surface area contributed by atoms with E-state index >= 15 is 0 Å². The highest BCUT2D eigenvalue weighted by Crippen LogP contribution is 2.35. The van der Waals surface area contributed by atoms with Crippen LogP contribution in [-0.4, -0.2) is 111 Å². The lowest BCUT2D eigenvalue weighted by atomic mass is 9.97. The van der Waals surface area contributed by atoms with E-state index in [1.54, 1.807) is 6.07 Å². The Hall–Kier alpha value is -10.9. The van der Waals surface area contributed by atoms with Gasteiger partial charge in [-0.1, -0.05) is 12.1 Å². The van der Waals surface area contributed by atoms with Crippen molar-refractivity contribution in [2.75, 3.05) is 13.1 Å². The number of carbonyl (C=O) groups is 8. The van der Waals surface area contributed by atoms with E-state index < -0.39 is 175 Å². The van der Waals surface area contributed by atoms with Crippen LogP contribution in [0, 0.1) is 31.8 Å². The summed E-state index contributed by atoms with van der Waals surface area (Å²) in [5, 5.41) is 109. The first-order chi connectivity index (χ1) is 34.0. The largest absolute Gasteiger partial charge is 0.503 e. The van der Waals surface area contributed by atoms with Crippen LogP contribution in [0.15, 0.2) is 78.6 Å². The van der Waals surface area contributed by atoms with E-state index in [9.17, 15) is 94.1 Å². The number of azo groups is 2.